The minimum absolute atomic E-state index is 0.0467. The summed E-state index contributed by atoms with van der Waals surface area (Å²) < 4.78 is 1.88. The Morgan fingerprint density at radius 3 is 2.67 bits per heavy atom. The topological polar surface area (TPSA) is 59.8 Å². The molecule has 0 saturated heterocycles. The Hall–Kier alpha value is -2.43. The molecule has 1 amide bonds. The zero-order valence-electron chi connectivity index (χ0n) is 15.0. The number of aromatic nitrogens is 3. The van der Waals surface area contributed by atoms with Gasteiger partial charge in [0.15, 0.2) is 11.5 Å². The molecule has 0 aliphatic carbocycles. The van der Waals surface area contributed by atoms with Crippen molar-refractivity contribution in [3.8, 4) is 0 Å². The lowest BCUT2D eigenvalue weighted by molar-refractivity contribution is -0.123. The van der Waals surface area contributed by atoms with Gasteiger partial charge in [-0.3, -0.25) is 4.79 Å². The molecule has 0 fully saturated rings. The number of carbonyl (C=O) groups is 1. The van der Waals surface area contributed by atoms with Crippen LogP contribution < -0.4 is 5.32 Å². The number of anilines is 1. The number of pyridine rings is 1. The Bertz CT molecular complexity index is 918. The van der Waals surface area contributed by atoms with Crippen LogP contribution >= 0.6 is 0 Å². The van der Waals surface area contributed by atoms with E-state index in [-0.39, 0.29) is 5.91 Å². The standard InChI is InChI=1S/C19H24N4O/c1-6-9-23-17-14(16(22-23)21-18(24)19(3,4)5)11-13-8-7-12(2)10-15(13)20-17/h7-8,10-11H,6,9H2,1-5H3,(H,21,22,24). The van der Waals surface area contributed by atoms with E-state index >= 15 is 0 Å². The second kappa shape index (κ2) is 5.89. The lowest BCUT2D eigenvalue weighted by Gasteiger charge is -2.16. The first kappa shape index (κ1) is 16.4. The van der Waals surface area contributed by atoms with Gasteiger partial charge in [-0.25, -0.2) is 9.67 Å². The number of hydrogen-bond acceptors (Lipinski definition) is 3. The Balaban J connectivity index is 2.18. The molecule has 3 rings (SSSR count). The van der Waals surface area contributed by atoms with Gasteiger partial charge in [-0.2, -0.15) is 5.10 Å². The number of carbonyl (C=O) groups excluding carboxylic acids is 1. The fraction of sp³-hybridized carbons (Fsp3) is 0.421. The maximum atomic E-state index is 12.4. The predicted octanol–water partition coefficient (Wildman–Crippen LogP) is 4.29. The zero-order chi connectivity index (χ0) is 17.5. The van der Waals surface area contributed by atoms with E-state index in [0.29, 0.717) is 5.82 Å². The first-order valence-corrected chi connectivity index (χ1v) is 8.39. The highest BCUT2D eigenvalue weighted by atomic mass is 16.2. The molecule has 0 saturated carbocycles. The molecule has 0 atom stereocenters. The quantitative estimate of drug-likeness (QED) is 0.782. The largest absolute Gasteiger partial charge is 0.308 e. The van der Waals surface area contributed by atoms with Crippen molar-refractivity contribution in [2.24, 2.45) is 5.41 Å². The number of nitrogens with zero attached hydrogens (tertiary/aromatic N) is 3. The third-order valence-electron chi connectivity index (χ3n) is 4.02. The molecule has 2 heterocycles. The smallest absolute Gasteiger partial charge is 0.230 e. The van der Waals surface area contributed by atoms with Gasteiger partial charge < -0.3 is 5.32 Å². The summed E-state index contributed by atoms with van der Waals surface area (Å²) in [5.74, 6) is 0.544. The number of aryl methyl sites for hydroxylation is 2. The van der Waals surface area contributed by atoms with Gasteiger partial charge in [-0.05, 0) is 31.0 Å². The highest BCUT2D eigenvalue weighted by Crippen LogP contribution is 2.28. The fourth-order valence-corrected chi connectivity index (χ4v) is 2.61. The van der Waals surface area contributed by atoms with Gasteiger partial charge in [0.05, 0.1) is 10.9 Å². The maximum Gasteiger partial charge on any atom is 0.230 e. The molecule has 126 valence electrons. The number of fused-ring (bicyclic) bond motifs is 2. The van der Waals surface area contributed by atoms with Crippen molar-refractivity contribution in [1.29, 1.82) is 0 Å². The summed E-state index contributed by atoms with van der Waals surface area (Å²) in [6, 6.07) is 8.27. The minimum Gasteiger partial charge on any atom is -0.308 e. The average molecular weight is 324 g/mol. The summed E-state index contributed by atoms with van der Waals surface area (Å²) in [4.78, 5) is 17.2. The minimum atomic E-state index is -0.470. The average Bonchev–Trinajstić information content (AvgIpc) is 2.82. The summed E-state index contributed by atoms with van der Waals surface area (Å²) in [6.45, 7) is 10.6. The van der Waals surface area contributed by atoms with E-state index in [0.717, 1.165) is 34.9 Å². The van der Waals surface area contributed by atoms with E-state index in [4.69, 9.17) is 4.98 Å². The van der Waals surface area contributed by atoms with Crippen LogP contribution in [0.5, 0.6) is 0 Å². The van der Waals surface area contributed by atoms with Crippen molar-refractivity contribution in [3.63, 3.8) is 0 Å². The number of nitrogens with one attached hydrogen (secondary N) is 1. The number of amides is 1. The first-order valence-electron chi connectivity index (χ1n) is 8.39. The van der Waals surface area contributed by atoms with Crippen molar-refractivity contribution in [1.82, 2.24) is 14.8 Å². The molecule has 3 aromatic rings. The van der Waals surface area contributed by atoms with Crippen molar-refractivity contribution in [3.05, 3.63) is 29.8 Å². The van der Waals surface area contributed by atoms with Crippen LogP contribution in [0.2, 0.25) is 0 Å². The molecular formula is C19H24N4O. The Morgan fingerprint density at radius 1 is 1.25 bits per heavy atom. The molecule has 0 unspecified atom stereocenters. The predicted molar refractivity (Wildman–Crippen MR) is 98.1 cm³/mol. The molecule has 5 heteroatoms. The molecule has 0 spiro atoms. The van der Waals surface area contributed by atoms with Crippen LogP contribution in [0, 0.1) is 12.3 Å². The van der Waals surface area contributed by atoms with E-state index < -0.39 is 5.41 Å². The van der Waals surface area contributed by atoms with Gasteiger partial charge in [0.1, 0.15) is 0 Å². The van der Waals surface area contributed by atoms with E-state index in [2.05, 4.69) is 48.5 Å². The Morgan fingerprint density at radius 2 is 2.00 bits per heavy atom. The first-order chi connectivity index (χ1) is 11.3. The van der Waals surface area contributed by atoms with Crippen LogP contribution in [0.4, 0.5) is 5.82 Å². The fourth-order valence-electron chi connectivity index (χ4n) is 2.61. The third kappa shape index (κ3) is 2.98. The van der Waals surface area contributed by atoms with Gasteiger partial charge in [0.25, 0.3) is 0 Å². The Labute approximate surface area is 142 Å². The van der Waals surface area contributed by atoms with Crippen LogP contribution in [0.3, 0.4) is 0 Å². The molecule has 1 aromatic carbocycles. The second-order valence-electron chi connectivity index (χ2n) is 7.33. The molecule has 1 N–H and O–H groups in total. The summed E-state index contributed by atoms with van der Waals surface area (Å²) in [6.07, 6.45) is 0.955. The zero-order valence-corrected chi connectivity index (χ0v) is 15.0. The lowest BCUT2D eigenvalue weighted by atomic mass is 9.96. The van der Waals surface area contributed by atoms with Crippen molar-refractivity contribution in [2.45, 2.75) is 47.6 Å². The number of benzene rings is 1. The number of hydrogen-bond donors (Lipinski definition) is 1. The molecule has 0 bridgehead atoms. The SMILES string of the molecule is CCCn1nc(NC(=O)C(C)(C)C)c2cc3ccc(C)cc3nc21. The molecule has 5 nitrogen and oxygen atoms in total. The lowest BCUT2D eigenvalue weighted by Crippen LogP contribution is -2.27. The van der Waals surface area contributed by atoms with Crippen molar-refractivity contribution in [2.75, 3.05) is 5.32 Å². The molecule has 0 aliphatic rings. The van der Waals surface area contributed by atoms with Crippen LogP contribution in [0.25, 0.3) is 21.9 Å². The molecule has 2 aromatic heterocycles. The summed E-state index contributed by atoms with van der Waals surface area (Å²) in [7, 11) is 0. The van der Waals surface area contributed by atoms with Crippen LogP contribution in [0.15, 0.2) is 24.3 Å². The van der Waals surface area contributed by atoms with Crippen molar-refractivity contribution < 1.29 is 4.79 Å². The second-order valence-corrected chi connectivity index (χ2v) is 7.33. The highest BCUT2D eigenvalue weighted by Gasteiger charge is 2.24. The van der Waals surface area contributed by atoms with Crippen LogP contribution in [-0.4, -0.2) is 20.7 Å². The third-order valence-corrected chi connectivity index (χ3v) is 4.02. The van der Waals surface area contributed by atoms with Gasteiger partial charge in [-0.1, -0.05) is 39.8 Å². The normalized spacial score (nSPS) is 12.0. The van der Waals surface area contributed by atoms with E-state index in [1.807, 2.05) is 25.5 Å². The van der Waals surface area contributed by atoms with Crippen LogP contribution in [0.1, 0.15) is 39.7 Å². The van der Waals surface area contributed by atoms with Gasteiger partial charge in [-0.15, -0.1) is 0 Å². The highest BCUT2D eigenvalue weighted by molar-refractivity contribution is 6.03. The van der Waals surface area contributed by atoms with Crippen molar-refractivity contribution >= 4 is 33.7 Å². The van der Waals surface area contributed by atoms with Crippen LogP contribution in [-0.2, 0) is 11.3 Å². The van der Waals surface area contributed by atoms with Gasteiger partial charge in [0.2, 0.25) is 5.91 Å². The van der Waals surface area contributed by atoms with E-state index in [1.165, 1.54) is 5.56 Å². The molecule has 24 heavy (non-hydrogen) atoms. The summed E-state index contributed by atoms with van der Waals surface area (Å²) >= 11 is 0. The summed E-state index contributed by atoms with van der Waals surface area (Å²) in [5.41, 5.74) is 2.48. The summed E-state index contributed by atoms with van der Waals surface area (Å²) in [5, 5.41) is 9.51. The monoisotopic (exact) mass is 324 g/mol. The molecule has 0 radical (unpaired) electrons. The molecule has 0 aliphatic heterocycles. The van der Waals surface area contributed by atoms with E-state index in [1.54, 1.807) is 0 Å². The van der Waals surface area contributed by atoms with E-state index in [9.17, 15) is 4.79 Å². The van der Waals surface area contributed by atoms with Gasteiger partial charge >= 0.3 is 0 Å². The van der Waals surface area contributed by atoms with Gasteiger partial charge in [0, 0.05) is 17.3 Å². The maximum absolute atomic E-state index is 12.4. The molecular weight excluding hydrogens is 300 g/mol. The number of rotatable bonds is 3. The Kier molecular flexibility index (Phi) is 4.03.